The normalized spacial score (nSPS) is 11.4. The van der Waals surface area contributed by atoms with Gasteiger partial charge >= 0.3 is 0 Å². The first kappa shape index (κ1) is 15.0. The zero-order valence-electron chi connectivity index (χ0n) is 12.6. The average molecular weight is 289 g/mol. The van der Waals surface area contributed by atoms with Gasteiger partial charge in [-0.15, -0.1) is 0 Å². The molecule has 0 saturated carbocycles. The lowest BCUT2D eigenvalue weighted by Gasteiger charge is -2.13. The molecule has 0 fully saturated rings. The number of nitrogens with one attached hydrogen (secondary N) is 1. The van der Waals surface area contributed by atoms with Crippen molar-refractivity contribution in [1.82, 2.24) is 4.98 Å². The molecular weight excluding hydrogens is 270 g/mol. The molecule has 1 aromatic carbocycles. The van der Waals surface area contributed by atoms with Crippen LogP contribution in [-0.4, -0.2) is 9.91 Å². The van der Waals surface area contributed by atoms with Crippen LogP contribution in [0.2, 0.25) is 0 Å². The predicted octanol–water partition coefficient (Wildman–Crippen LogP) is 3.80. The van der Waals surface area contributed by atoms with E-state index in [1.165, 1.54) is 0 Å². The van der Waals surface area contributed by atoms with E-state index in [4.69, 9.17) is 4.42 Å². The molecule has 0 saturated heterocycles. The molecule has 0 radical (unpaired) electrons. The van der Waals surface area contributed by atoms with Crippen LogP contribution < -0.4 is 5.32 Å². The summed E-state index contributed by atoms with van der Waals surface area (Å²) in [6.07, 6.45) is 1.70. The molecule has 1 heterocycles. The van der Waals surface area contributed by atoms with Gasteiger partial charge in [-0.2, -0.15) is 0 Å². The van der Waals surface area contributed by atoms with Gasteiger partial charge in [0.15, 0.2) is 0 Å². The highest BCUT2D eigenvalue weighted by Crippen LogP contribution is 2.27. The Bertz CT molecular complexity index is 656. The minimum absolute atomic E-state index is 0.0533. The molecule has 112 valence electrons. The molecule has 0 aliphatic heterocycles. The third-order valence-electron chi connectivity index (χ3n) is 3.07. The Balaban J connectivity index is 2.13. The van der Waals surface area contributed by atoms with E-state index < -0.39 is 4.92 Å². The van der Waals surface area contributed by atoms with Gasteiger partial charge in [0.25, 0.3) is 5.69 Å². The molecule has 0 aliphatic rings. The first-order valence-corrected chi connectivity index (χ1v) is 6.71. The van der Waals surface area contributed by atoms with Crippen LogP contribution in [0.25, 0.3) is 0 Å². The van der Waals surface area contributed by atoms with Crippen molar-refractivity contribution in [3.63, 3.8) is 0 Å². The van der Waals surface area contributed by atoms with Crippen molar-refractivity contribution in [3.8, 4) is 0 Å². The highest BCUT2D eigenvalue weighted by Gasteiger charge is 2.19. The van der Waals surface area contributed by atoms with Gasteiger partial charge < -0.3 is 9.73 Å². The maximum Gasteiger partial charge on any atom is 0.292 e. The van der Waals surface area contributed by atoms with Crippen LogP contribution in [0.4, 0.5) is 11.4 Å². The van der Waals surface area contributed by atoms with Gasteiger partial charge in [0.1, 0.15) is 11.4 Å². The van der Waals surface area contributed by atoms with Crippen molar-refractivity contribution in [2.45, 2.75) is 39.7 Å². The zero-order chi connectivity index (χ0) is 15.6. The summed E-state index contributed by atoms with van der Waals surface area (Å²) in [5.41, 5.74) is 1.25. The maximum atomic E-state index is 11.0. The van der Waals surface area contributed by atoms with Gasteiger partial charge in [-0.3, -0.25) is 10.1 Å². The van der Waals surface area contributed by atoms with Gasteiger partial charge in [0.05, 0.1) is 17.7 Å². The van der Waals surface area contributed by atoms with E-state index in [-0.39, 0.29) is 11.1 Å². The van der Waals surface area contributed by atoms with Gasteiger partial charge in [-0.1, -0.05) is 26.8 Å². The fourth-order valence-electron chi connectivity index (χ4n) is 1.85. The number of anilines is 1. The fourth-order valence-corrected chi connectivity index (χ4v) is 1.85. The number of aryl methyl sites for hydroxylation is 1. The number of benzene rings is 1. The molecule has 6 heteroatoms. The second-order valence-corrected chi connectivity index (χ2v) is 6.00. The summed E-state index contributed by atoms with van der Waals surface area (Å²) in [6, 6.07) is 5.06. The highest BCUT2D eigenvalue weighted by atomic mass is 16.6. The van der Waals surface area contributed by atoms with E-state index in [0.717, 1.165) is 11.3 Å². The van der Waals surface area contributed by atoms with Crippen LogP contribution in [0.1, 0.15) is 38.0 Å². The van der Waals surface area contributed by atoms with E-state index in [9.17, 15) is 10.1 Å². The number of hydrogen-bond donors (Lipinski definition) is 1. The Hall–Kier alpha value is -2.37. The SMILES string of the molecule is Cc1ccc(NCc2ncc(C(C)(C)C)o2)c([N+](=O)[O-])c1. The second-order valence-electron chi connectivity index (χ2n) is 6.00. The summed E-state index contributed by atoms with van der Waals surface area (Å²) in [5, 5.41) is 14.1. The molecule has 0 spiro atoms. The quantitative estimate of drug-likeness (QED) is 0.684. The van der Waals surface area contributed by atoms with Crippen LogP contribution >= 0.6 is 0 Å². The first-order chi connectivity index (χ1) is 9.77. The lowest BCUT2D eigenvalue weighted by molar-refractivity contribution is -0.384. The number of nitro groups is 1. The van der Waals surface area contributed by atoms with Gasteiger partial charge in [0, 0.05) is 11.5 Å². The minimum atomic E-state index is -0.397. The number of rotatable bonds is 4. The summed E-state index contributed by atoms with van der Waals surface area (Å²) >= 11 is 0. The molecule has 0 bridgehead atoms. The minimum Gasteiger partial charge on any atom is -0.443 e. The lowest BCUT2D eigenvalue weighted by Crippen LogP contribution is -2.09. The summed E-state index contributed by atoms with van der Waals surface area (Å²) in [6.45, 7) is 8.24. The maximum absolute atomic E-state index is 11.0. The molecule has 2 aromatic rings. The predicted molar refractivity (Wildman–Crippen MR) is 80.4 cm³/mol. The van der Waals surface area contributed by atoms with Crippen LogP contribution in [0.15, 0.2) is 28.8 Å². The van der Waals surface area contributed by atoms with Crippen molar-refractivity contribution < 1.29 is 9.34 Å². The molecule has 6 nitrogen and oxygen atoms in total. The third-order valence-corrected chi connectivity index (χ3v) is 3.07. The first-order valence-electron chi connectivity index (χ1n) is 6.71. The van der Waals surface area contributed by atoms with E-state index in [2.05, 4.69) is 10.3 Å². The molecule has 1 aromatic heterocycles. The monoisotopic (exact) mass is 289 g/mol. The van der Waals surface area contributed by atoms with Gasteiger partial charge in [-0.25, -0.2) is 4.98 Å². The molecule has 0 aliphatic carbocycles. The molecule has 2 rings (SSSR count). The number of oxazole rings is 1. The van der Waals surface area contributed by atoms with Crippen molar-refractivity contribution in [1.29, 1.82) is 0 Å². The van der Waals surface area contributed by atoms with Crippen LogP contribution in [0.3, 0.4) is 0 Å². The topological polar surface area (TPSA) is 81.2 Å². The van der Waals surface area contributed by atoms with Gasteiger partial charge in [-0.05, 0) is 18.6 Å². The summed E-state index contributed by atoms with van der Waals surface area (Å²) in [4.78, 5) is 14.8. The smallest absolute Gasteiger partial charge is 0.292 e. The average Bonchev–Trinajstić information content (AvgIpc) is 2.85. The molecule has 1 N–H and O–H groups in total. The summed E-state index contributed by atoms with van der Waals surface area (Å²) in [5.74, 6) is 1.30. The van der Waals surface area contributed by atoms with Gasteiger partial charge in [0.2, 0.25) is 5.89 Å². The molecular formula is C15H19N3O3. The van der Waals surface area contributed by atoms with Crippen LogP contribution in [0.5, 0.6) is 0 Å². The third kappa shape index (κ3) is 3.59. The standard InChI is InChI=1S/C15H19N3O3/c1-10-5-6-11(12(7-10)18(19)20)16-9-14-17-8-13(21-14)15(2,3)4/h5-8,16H,9H2,1-4H3. The van der Waals surface area contributed by atoms with Crippen molar-refractivity contribution in [2.24, 2.45) is 0 Å². The van der Waals surface area contributed by atoms with Crippen LogP contribution in [-0.2, 0) is 12.0 Å². The molecule has 21 heavy (non-hydrogen) atoms. The lowest BCUT2D eigenvalue weighted by atomic mass is 9.94. The number of hydrogen-bond acceptors (Lipinski definition) is 5. The Morgan fingerprint density at radius 1 is 1.38 bits per heavy atom. The number of nitrogens with zero attached hydrogens (tertiary/aromatic N) is 2. The summed E-state index contributed by atoms with van der Waals surface area (Å²) < 4.78 is 5.65. The largest absolute Gasteiger partial charge is 0.443 e. The van der Waals surface area contributed by atoms with E-state index in [0.29, 0.717) is 18.1 Å². The van der Waals surface area contributed by atoms with E-state index in [1.54, 1.807) is 18.3 Å². The Kier molecular flexibility index (Phi) is 3.97. The zero-order valence-corrected chi connectivity index (χ0v) is 12.6. The number of nitro benzene ring substituents is 1. The Morgan fingerprint density at radius 3 is 2.67 bits per heavy atom. The van der Waals surface area contributed by atoms with E-state index in [1.807, 2.05) is 33.8 Å². The molecule has 0 atom stereocenters. The van der Waals surface area contributed by atoms with E-state index >= 15 is 0 Å². The molecule has 0 amide bonds. The number of aromatic nitrogens is 1. The molecule has 0 unspecified atom stereocenters. The summed E-state index contributed by atoms with van der Waals surface area (Å²) in [7, 11) is 0. The van der Waals surface area contributed by atoms with Crippen molar-refractivity contribution in [3.05, 3.63) is 51.7 Å². The van der Waals surface area contributed by atoms with Crippen molar-refractivity contribution >= 4 is 11.4 Å². The fraction of sp³-hybridized carbons (Fsp3) is 0.400. The Morgan fingerprint density at radius 2 is 2.10 bits per heavy atom. The Labute approximate surface area is 123 Å². The van der Waals surface area contributed by atoms with Crippen LogP contribution in [0, 0.1) is 17.0 Å². The second kappa shape index (κ2) is 5.55. The highest BCUT2D eigenvalue weighted by molar-refractivity contribution is 5.62. The van der Waals surface area contributed by atoms with Crippen molar-refractivity contribution in [2.75, 3.05) is 5.32 Å².